The van der Waals surface area contributed by atoms with E-state index in [0.29, 0.717) is 6.04 Å². The minimum absolute atomic E-state index is 0. The number of nitrogens with zero attached hydrogens (tertiary/aromatic N) is 1. The first-order valence-corrected chi connectivity index (χ1v) is 3.81. The van der Waals surface area contributed by atoms with Crippen LogP contribution in [0, 0.1) is 0 Å². The van der Waals surface area contributed by atoms with E-state index in [1.54, 1.807) is 0 Å². The van der Waals surface area contributed by atoms with E-state index in [-0.39, 0.29) is 12.4 Å². The van der Waals surface area contributed by atoms with Crippen molar-refractivity contribution in [3.8, 4) is 0 Å². The standard InChI is InChI=1S/C7H16N2.ClH/c1-2-9-5-3-4-7(8)6-9;/h7H,2-6,8H2,1H3;1H/t7-;/m0./s1. The molecule has 2 N–H and O–H groups in total. The molecule has 10 heavy (non-hydrogen) atoms. The minimum Gasteiger partial charge on any atom is -0.327 e. The summed E-state index contributed by atoms with van der Waals surface area (Å²) < 4.78 is 0. The van der Waals surface area contributed by atoms with Gasteiger partial charge in [0.15, 0.2) is 0 Å². The average Bonchev–Trinajstić information content (AvgIpc) is 1.88. The van der Waals surface area contributed by atoms with Gasteiger partial charge in [0.2, 0.25) is 0 Å². The van der Waals surface area contributed by atoms with Gasteiger partial charge in [-0.3, -0.25) is 0 Å². The molecule has 0 bridgehead atoms. The highest BCUT2D eigenvalue weighted by atomic mass is 35.5. The van der Waals surface area contributed by atoms with Gasteiger partial charge in [0, 0.05) is 12.6 Å². The fraction of sp³-hybridized carbons (Fsp3) is 1.00. The van der Waals surface area contributed by atoms with Crippen LogP contribution in [0.25, 0.3) is 0 Å². The molecule has 1 fully saturated rings. The maximum absolute atomic E-state index is 5.76. The summed E-state index contributed by atoms with van der Waals surface area (Å²) in [4.78, 5) is 2.41. The van der Waals surface area contributed by atoms with Crippen LogP contribution in [0.3, 0.4) is 0 Å². The van der Waals surface area contributed by atoms with Crippen molar-refractivity contribution in [3.05, 3.63) is 0 Å². The maximum Gasteiger partial charge on any atom is 0.0168 e. The minimum atomic E-state index is 0. The lowest BCUT2D eigenvalue weighted by Gasteiger charge is -2.29. The summed E-state index contributed by atoms with van der Waals surface area (Å²) >= 11 is 0. The van der Waals surface area contributed by atoms with Crippen LogP contribution < -0.4 is 5.73 Å². The van der Waals surface area contributed by atoms with Crippen LogP contribution >= 0.6 is 12.4 Å². The topological polar surface area (TPSA) is 29.3 Å². The Balaban J connectivity index is 0.000000810. The van der Waals surface area contributed by atoms with Gasteiger partial charge in [-0.05, 0) is 25.9 Å². The van der Waals surface area contributed by atoms with E-state index in [1.807, 2.05) is 0 Å². The number of piperidine rings is 1. The molecule has 0 unspecified atom stereocenters. The van der Waals surface area contributed by atoms with E-state index in [2.05, 4.69) is 11.8 Å². The molecular weight excluding hydrogens is 148 g/mol. The number of rotatable bonds is 1. The Morgan fingerprint density at radius 1 is 1.60 bits per heavy atom. The number of likely N-dealkylation sites (N-methyl/N-ethyl adjacent to an activating group) is 1. The molecule has 1 aliphatic rings. The largest absolute Gasteiger partial charge is 0.327 e. The van der Waals surface area contributed by atoms with Gasteiger partial charge in [0.1, 0.15) is 0 Å². The summed E-state index contributed by atoms with van der Waals surface area (Å²) in [5.41, 5.74) is 5.76. The van der Waals surface area contributed by atoms with Gasteiger partial charge >= 0.3 is 0 Å². The maximum atomic E-state index is 5.76. The Morgan fingerprint density at radius 3 is 2.70 bits per heavy atom. The van der Waals surface area contributed by atoms with Crippen molar-refractivity contribution < 1.29 is 0 Å². The summed E-state index contributed by atoms with van der Waals surface area (Å²) in [5.74, 6) is 0. The molecule has 0 amide bonds. The molecule has 0 aromatic heterocycles. The zero-order valence-electron chi connectivity index (χ0n) is 6.55. The van der Waals surface area contributed by atoms with Crippen molar-refractivity contribution >= 4 is 12.4 Å². The molecule has 0 radical (unpaired) electrons. The lowest BCUT2D eigenvalue weighted by atomic mass is 10.1. The molecular formula is C7H17ClN2. The van der Waals surface area contributed by atoms with Gasteiger partial charge in [-0.1, -0.05) is 6.92 Å². The van der Waals surface area contributed by atoms with E-state index in [4.69, 9.17) is 5.73 Å². The van der Waals surface area contributed by atoms with Gasteiger partial charge in [-0.2, -0.15) is 0 Å². The van der Waals surface area contributed by atoms with Crippen molar-refractivity contribution in [2.45, 2.75) is 25.8 Å². The van der Waals surface area contributed by atoms with Crippen LogP contribution in [0.2, 0.25) is 0 Å². The second-order valence-corrected chi connectivity index (χ2v) is 2.80. The number of halogens is 1. The fourth-order valence-corrected chi connectivity index (χ4v) is 1.38. The average molecular weight is 165 g/mol. The third-order valence-corrected chi connectivity index (χ3v) is 1.99. The van der Waals surface area contributed by atoms with Crippen molar-refractivity contribution in [1.82, 2.24) is 4.90 Å². The van der Waals surface area contributed by atoms with Crippen LogP contribution in [0.1, 0.15) is 19.8 Å². The highest BCUT2D eigenvalue weighted by molar-refractivity contribution is 5.85. The first-order chi connectivity index (χ1) is 4.33. The van der Waals surface area contributed by atoms with Gasteiger partial charge in [0.05, 0.1) is 0 Å². The lowest BCUT2D eigenvalue weighted by molar-refractivity contribution is 0.219. The quantitative estimate of drug-likeness (QED) is 0.623. The fourth-order valence-electron chi connectivity index (χ4n) is 1.38. The van der Waals surface area contributed by atoms with E-state index in [9.17, 15) is 0 Å². The Hall–Kier alpha value is 0.210. The number of nitrogens with two attached hydrogens (primary N) is 1. The number of hydrogen-bond acceptors (Lipinski definition) is 2. The summed E-state index contributed by atoms with van der Waals surface area (Å²) in [7, 11) is 0. The lowest BCUT2D eigenvalue weighted by Crippen LogP contribution is -2.42. The second kappa shape index (κ2) is 4.94. The van der Waals surface area contributed by atoms with Crippen molar-refractivity contribution in [3.63, 3.8) is 0 Å². The van der Waals surface area contributed by atoms with E-state index >= 15 is 0 Å². The molecule has 1 atom stereocenters. The summed E-state index contributed by atoms with van der Waals surface area (Å²) in [6, 6.07) is 0.443. The highest BCUT2D eigenvalue weighted by Gasteiger charge is 2.13. The molecule has 0 saturated carbocycles. The molecule has 1 saturated heterocycles. The van der Waals surface area contributed by atoms with Gasteiger partial charge in [-0.15, -0.1) is 12.4 Å². The van der Waals surface area contributed by atoms with Crippen LogP contribution in [-0.2, 0) is 0 Å². The second-order valence-electron chi connectivity index (χ2n) is 2.80. The summed E-state index contributed by atoms with van der Waals surface area (Å²) in [5, 5.41) is 0. The number of hydrogen-bond donors (Lipinski definition) is 1. The molecule has 1 rings (SSSR count). The molecule has 0 spiro atoms. The molecule has 62 valence electrons. The molecule has 3 heteroatoms. The molecule has 0 aromatic carbocycles. The molecule has 1 heterocycles. The highest BCUT2D eigenvalue weighted by Crippen LogP contribution is 2.06. The van der Waals surface area contributed by atoms with Gasteiger partial charge in [0.25, 0.3) is 0 Å². The predicted octanol–water partition coefficient (Wildman–Crippen LogP) is 0.851. The molecule has 0 aliphatic carbocycles. The Morgan fingerprint density at radius 2 is 2.30 bits per heavy atom. The first kappa shape index (κ1) is 10.2. The first-order valence-electron chi connectivity index (χ1n) is 3.81. The van der Waals surface area contributed by atoms with Crippen LogP contribution in [0.5, 0.6) is 0 Å². The molecule has 1 aliphatic heterocycles. The zero-order chi connectivity index (χ0) is 6.69. The smallest absolute Gasteiger partial charge is 0.0168 e. The Labute approximate surface area is 69.2 Å². The monoisotopic (exact) mass is 164 g/mol. The summed E-state index contributed by atoms with van der Waals surface area (Å²) in [6.07, 6.45) is 2.51. The van der Waals surface area contributed by atoms with Gasteiger partial charge in [-0.25, -0.2) is 0 Å². The van der Waals surface area contributed by atoms with Crippen molar-refractivity contribution in [2.75, 3.05) is 19.6 Å². The Bertz CT molecular complexity index is 87.7. The van der Waals surface area contributed by atoms with Gasteiger partial charge < -0.3 is 10.6 Å². The number of likely N-dealkylation sites (tertiary alicyclic amines) is 1. The van der Waals surface area contributed by atoms with Crippen molar-refractivity contribution in [2.24, 2.45) is 5.73 Å². The SMILES string of the molecule is CCN1CCC[C@H](N)C1.Cl. The summed E-state index contributed by atoms with van der Waals surface area (Å²) in [6.45, 7) is 5.71. The Kier molecular flexibility index (Phi) is 5.04. The van der Waals surface area contributed by atoms with Crippen molar-refractivity contribution in [1.29, 1.82) is 0 Å². The predicted molar refractivity (Wildman–Crippen MR) is 46.6 cm³/mol. The van der Waals surface area contributed by atoms with E-state index in [0.717, 1.165) is 13.1 Å². The van der Waals surface area contributed by atoms with Crippen LogP contribution in [0.15, 0.2) is 0 Å². The molecule has 0 aromatic rings. The van der Waals surface area contributed by atoms with Crippen LogP contribution in [-0.4, -0.2) is 30.6 Å². The van der Waals surface area contributed by atoms with Crippen LogP contribution in [0.4, 0.5) is 0 Å². The third kappa shape index (κ3) is 2.86. The normalized spacial score (nSPS) is 27.6. The molecule has 2 nitrogen and oxygen atoms in total. The third-order valence-electron chi connectivity index (χ3n) is 1.99. The van der Waals surface area contributed by atoms with E-state index < -0.39 is 0 Å². The van der Waals surface area contributed by atoms with E-state index in [1.165, 1.54) is 19.4 Å². The zero-order valence-corrected chi connectivity index (χ0v) is 7.36.